The summed E-state index contributed by atoms with van der Waals surface area (Å²) < 4.78 is 31.8. The molecule has 9 heteroatoms. The van der Waals surface area contributed by atoms with Gasteiger partial charge in [0.25, 0.3) is 5.69 Å². The molecule has 112 valence electrons. The van der Waals surface area contributed by atoms with Crippen molar-refractivity contribution in [2.75, 3.05) is 5.73 Å². The number of aryl methyl sites for hydroxylation is 1. The molecule has 2 aromatic rings. The fourth-order valence-corrected chi connectivity index (χ4v) is 2.84. The van der Waals surface area contributed by atoms with Crippen molar-refractivity contribution in [1.82, 2.24) is 4.72 Å². The molecule has 0 fully saturated rings. The molecule has 0 atom stereocenters. The monoisotopic (exact) mass is 311 g/mol. The zero-order valence-corrected chi connectivity index (χ0v) is 11.9. The first-order chi connectivity index (χ1) is 9.79. The Kier molecular flexibility index (Phi) is 3.96. The SMILES string of the molecule is Cc1ccc(CNS(=O)(=O)c2cc([N+](=O)[O-])ccc2N)o1. The summed E-state index contributed by atoms with van der Waals surface area (Å²) in [5, 5.41) is 10.7. The predicted octanol–water partition coefficient (Wildman–Crippen LogP) is 1.56. The van der Waals surface area contributed by atoms with Crippen LogP contribution in [-0.4, -0.2) is 13.3 Å². The number of non-ortho nitro benzene ring substituents is 1. The number of hydrogen-bond donors (Lipinski definition) is 2. The minimum atomic E-state index is -3.98. The maximum atomic E-state index is 12.2. The second-order valence-corrected chi connectivity index (χ2v) is 6.05. The Labute approximate surface area is 120 Å². The van der Waals surface area contributed by atoms with Gasteiger partial charge in [0, 0.05) is 12.1 Å². The number of anilines is 1. The molecule has 0 unspecified atom stereocenters. The van der Waals surface area contributed by atoms with E-state index in [-0.39, 0.29) is 22.8 Å². The molecule has 0 aliphatic rings. The van der Waals surface area contributed by atoms with Crippen molar-refractivity contribution in [3.8, 4) is 0 Å². The lowest BCUT2D eigenvalue weighted by atomic mass is 10.3. The van der Waals surface area contributed by atoms with Crippen LogP contribution in [0.1, 0.15) is 11.5 Å². The average molecular weight is 311 g/mol. The third-order valence-electron chi connectivity index (χ3n) is 2.73. The number of furan rings is 1. The summed E-state index contributed by atoms with van der Waals surface area (Å²) in [6, 6.07) is 6.58. The first-order valence-corrected chi connectivity index (χ1v) is 7.37. The second kappa shape index (κ2) is 5.54. The summed E-state index contributed by atoms with van der Waals surface area (Å²) in [6.07, 6.45) is 0. The van der Waals surface area contributed by atoms with Gasteiger partial charge in [-0.3, -0.25) is 10.1 Å². The Morgan fingerprint density at radius 1 is 1.33 bits per heavy atom. The molecule has 0 aliphatic carbocycles. The molecule has 0 saturated heterocycles. The molecule has 2 rings (SSSR count). The molecular formula is C12H13N3O5S. The number of nitrogens with two attached hydrogens (primary N) is 1. The average Bonchev–Trinajstić information content (AvgIpc) is 2.82. The number of rotatable bonds is 5. The Bertz CT molecular complexity index is 782. The third kappa shape index (κ3) is 3.38. The largest absolute Gasteiger partial charge is 0.465 e. The van der Waals surface area contributed by atoms with Crippen LogP contribution in [0.5, 0.6) is 0 Å². The van der Waals surface area contributed by atoms with Gasteiger partial charge in [-0.15, -0.1) is 0 Å². The highest BCUT2D eigenvalue weighted by Gasteiger charge is 2.21. The number of hydrogen-bond acceptors (Lipinski definition) is 6. The van der Waals surface area contributed by atoms with Gasteiger partial charge in [0.2, 0.25) is 10.0 Å². The molecule has 0 spiro atoms. The molecule has 0 aliphatic heterocycles. The Hall–Kier alpha value is -2.39. The maximum absolute atomic E-state index is 12.2. The van der Waals surface area contributed by atoms with Crippen LogP contribution in [0.3, 0.4) is 0 Å². The van der Waals surface area contributed by atoms with E-state index in [2.05, 4.69) is 4.72 Å². The van der Waals surface area contributed by atoms with Crippen molar-refractivity contribution in [3.63, 3.8) is 0 Å². The van der Waals surface area contributed by atoms with Crippen LogP contribution in [-0.2, 0) is 16.6 Å². The fourth-order valence-electron chi connectivity index (χ4n) is 1.69. The summed E-state index contributed by atoms with van der Waals surface area (Å²) in [7, 11) is -3.98. The highest BCUT2D eigenvalue weighted by Crippen LogP contribution is 2.24. The normalized spacial score (nSPS) is 11.5. The Balaban J connectivity index is 2.26. The fraction of sp³-hybridized carbons (Fsp3) is 0.167. The lowest BCUT2D eigenvalue weighted by Crippen LogP contribution is -2.24. The van der Waals surface area contributed by atoms with Crippen LogP contribution in [0.2, 0.25) is 0 Å². The Morgan fingerprint density at radius 2 is 2.05 bits per heavy atom. The van der Waals surface area contributed by atoms with Gasteiger partial charge in [-0.1, -0.05) is 0 Å². The first-order valence-electron chi connectivity index (χ1n) is 5.88. The molecule has 1 aromatic heterocycles. The van der Waals surface area contributed by atoms with Crippen molar-refractivity contribution < 1.29 is 17.8 Å². The number of nitrogens with zero attached hydrogens (tertiary/aromatic N) is 1. The number of nitrogens with one attached hydrogen (secondary N) is 1. The maximum Gasteiger partial charge on any atom is 0.270 e. The second-order valence-electron chi connectivity index (χ2n) is 4.32. The van der Waals surface area contributed by atoms with E-state index in [0.717, 1.165) is 12.1 Å². The molecule has 0 bridgehead atoms. The van der Waals surface area contributed by atoms with E-state index >= 15 is 0 Å². The van der Waals surface area contributed by atoms with Crippen molar-refractivity contribution in [3.05, 3.63) is 52.0 Å². The van der Waals surface area contributed by atoms with Crippen molar-refractivity contribution >= 4 is 21.4 Å². The van der Waals surface area contributed by atoms with Crippen LogP contribution >= 0.6 is 0 Å². The van der Waals surface area contributed by atoms with Crippen LogP contribution < -0.4 is 10.5 Å². The van der Waals surface area contributed by atoms with Crippen molar-refractivity contribution in [2.24, 2.45) is 0 Å². The standard InChI is InChI=1S/C12H13N3O5S/c1-8-2-4-10(20-8)7-14-21(18,19)12-6-9(15(16)17)3-5-11(12)13/h2-6,14H,7,13H2,1H3. The molecule has 3 N–H and O–H groups in total. The highest BCUT2D eigenvalue weighted by molar-refractivity contribution is 7.89. The summed E-state index contributed by atoms with van der Waals surface area (Å²) in [5.74, 6) is 1.08. The van der Waals surface area contributed by atoms with Gasteiger partial charge in [-0.25, -0.2) is 13.1 Å². The number of nitrogen functional groups attached to an aromatic ring is 1. The zero-order chi connectivity index (χ0) is 15.6. The van der Waals surface area contributed by atoms with E-state index in [4.69, 9.17) is 10.2 Å². The Morgan fingerprint density at radius 3 is 2.62 bits per heavy atom. The molecule has 0 saturated carbocycles. The van der Waals surface area contributed by atoms with Gasteiger partial charge >= 0.3 is 0 Å². The minimum absolute atomic E-state index is 0.0660. The molecule has 1 aromatic carbocycles. The van der Waals surface area contributed by atoms with E-state index in [1.165, 1.54) is 6.07 Å². The van der Waals surface area contributed by atoms with E-state index < -0.39 is 14.9 Å². The number of nitro benzene ring substituents is 1. The lowest BCUT2D eigenvalue weighted by molar-refractivity contribution is -0.385. The lowest BCUT2D eigenvalue weighted by Gasteiger charge is -2.08. The molecule has 21 heavy (non-hydrogen) atoms. The summed E-state index contributed by atoms with van der Waals surface area (Å²) in [4.78, 5) is 9.69. The van der Waals surface area contributed by atoms with Crippen molar-refractivity contribution in [2.45, 2.75) is 18.4 Å². The van der Waals surface area contributed by atoms with Gasteiger partial charge in [0.05, 0.1) is 17.2 Å². The van der Waals surface area contributed by atoms with E-state index in [1.807, 2.05) is 0 Å². The first kappa shape index (κ1) is 15.0. The predicted molar refractivity (Wildman–Crippen MR) is 75.0 cm³/mol. The zero-order valence-electron chi connectivity index (χ0n) is 11.1. The summed E-state index contributed by atoms with van der Waals surface area (Å²) in [6.45, 7) is 1.66. The van der Waals surface area contributed by atoms with Gasteiger partial charge in [0.15, 0.2) is 0 Å². The molecule has 1 heterocycles. The topological polar surface area (TPSA) is 128 Å². The van der Waals surface area contributed by atoms with Crippen LogP contribution in [0.4, 0.5) is 11.4 Å². The van der Waals surface area contributed by atoms with Gasteiger partial charge < -0.3 is 10.2 Å². The van der Waals surface area contributed by atoms with Crippen molar-refractivity contribution in [1.29, 1.82) is 0 Å². The van der Waals surface area contributed by atoms with Crippen LogP contribution in [0.25, 0.3) is 0 Å². The van der Waals surface area contributed by atoms with Crippen LogP contribution in [0.15, 0.2) is 39.6 Å². The van der Waals surface area contributed by atoms with Gasteiger partial charge in [-0.2, -0.15) is 0 Å². The number of nitro groups is 1. The van der Waals surface area contributed by atoms with E-state index in [9.17, 15) is 18.5 Å². The summed E-state index contributed by atoms with van der Waals surface area (Å²) in [5.41, 5.74) is 5.17. The van der Waals surface area contributed by atoms with Gasteiger partial charge in [-0.05, 0) is 25.1 Å². The van der Waals surface area contributed by atoms with Gasteiger partial charge in [0.1, 0.15) is 16.4 Å². The molecular weight excluding hydrogens is 298 g/mol. The number of benzene rings is 1. The molecule has 8 nitrogen and oxygen atoms in total. The molecule has 0 amide bonds. The highest BCUT2D eigenvalue weighted by atomic mass is 32.2. The third-order valence-corrected chi connectivity index (χ3v) is 4.19. The minimum Gasteiger partial charge on any atom is -0.465 e. The smallest absolute Gasteiger partial charge is 0.270 e. The number of sulfonamides is 1. The van der Waals surface area contributed by atoms with E-state index in [1.54, 1.807) is 19.1 Å². The quantitative estimate of drug-likeness (QED) is 0.490. The van der Waals surface area contributed by atoms with E-state index in [0.29, 0.717) is 11.5 Å². The van der Waals surface area contributed by atoms with Crippen LogP contribution in [0, 0.1) is 17.0 Å². The summed E-state index contributed by atoms with van der Waals surface area (Å²) >= 11 is 0. The molecule has 0 radical (unpaired) electrons.